The van der Waals surface area contributed by atoms with Crippen molar-refractivity contribution >= 4 is 40.8 Å². The van der Waals surface area contributed by atoms with Gasteiger partial charge in [0.1, 0.15) is 11.9 Å². The Morgan fingerprint density at radius 2 is 1.92 bits per heavy atom. The van der Waals surface area contributed by atoms with E-state index in [2.05, 4.69) is 5.32 Å². The average molecular weight is 376 g/mol. The number of imide groups is 1. The lowest BCUT2D eigenvalue weighted by Gasteiger charge is -2.16. The zero-order valence-electron chi connectivity index (χ0n) is 13.4. The minimum atomic E-state index is -1.18. The molecule has 0 saturated carbocycles. The highest BCUT2D eigenvalue weighted by Gasteiger charge is 2.39. The molecular weight excluding hydrogens is 363 g/mol. The van der Waals surface area contributed by atoms with Gasteiger partial charge in [-0.25, -0.2) is 9.29 Å². The van der Waals surface area contributed by atoms with Gasteiger partial charge in [0.05, 0.1) is 17.1 Å². The van der Waals surface area contributed by atoms with Crippen molar-refractivity contribution in [3.8, 4) is 0 Å². The van der Waals surface area contributed by atoms with Gasteiger partial charge in [-0.1, -0.05) is 23.7 Å². The summed E-state index contributed by atoms with van der Waals surface area (Å²) in [7, 11) is 0. The van der Waals surface area contributed by atoms with Gasteiger partial charge in [-0.05, 0) is 35.9 Å². The zero-order chi connectivity index (χ0) is 18.8. The minimum Gasteiger partial charge on any atom is -0.550 e. The largest absolute Gasteiger partial charge is 0.550 e. The number of hydrogen-bond donors (Lipinski definition) is 1. The molecule has 0 unspecified atom stereocenters. The molecule has 2 amide bonds. The summed E-state index contributed by atoms with van der Waals surface area (Å²) >= 11 is 5.72. The number of carbonyl (C=O) groups excluding carboxylic acids is 3. The highest BCUT2D eigenvalue weighted by Crippen LogP contribution is 2.28. The Morgan fingerprint density at radius 3 is 2.54 bits per heavy atom. The van der Waals surface area contributed by atoms with E-state index in [1.165, 1.54) is 12.1 Å². The fraction of sp³-hybridized carbons (Fsp3) is 0.167. The maximum absolute atomic E-state index is 13.3. The van der Waals surface area contributed by atoms with Crippen LogP contribution in [0.15, 0.2) is 42.5 Å². The first kappa shape index (κ1) is 17.9. The van der Waals surface area contributed by atoms with Crippen LogP contribution < -0.4 is 15.3 Å². The molecule has 1 atom stereocenters. The van der Waals surface area contributed by atoms with Crippen LogP contribution in [0, 0.1) is 5.82 Å². The van der Waals surface area contributed by atoms with Crippen molar-refractivity contribution in [2.24, 2.45) is 0 Å². The molecule has 8 heteroatoms. The lowest BCUT2D eigenvalue weighted by molar-refractivity contribution is -0.304. The predicted molar refractivity (Wildman–Crippen MR) is 91.1 cm³/mol. The van der Waals surface area contributed by atoms with E-state index in [0.717, 1.165) is 11.0 Å². The number of hydrogen-bond acceptors (Lipinski definition) is 5. The van der Waals surface area contributed by atoms with Crippen LogP contribution in [0.3, 0.4) is 0 Å². The van der Waals surface area contributed by atoms with Crippen molar-refractivity contribution in [2.75, 3.05) is 10.2 Å². The number of aliphatic carboxylic acids is 1. The number of nitrogens with one attached hydrogen (secondary N) is 1. The highest BCUT2D eigenvalue weighted by atomic mass is 35.5. The summed E-state index contributed by atoms with van der Waals surface area (Å²) in [5, 5.41) is 13.3. The van der Waals surface area contributed by atoms with Crippen LogP contribution in [0.5, 0.6) is 0 Å². The summed E-state index contributed by atoms with van der Waals surface area (Å²) < 4.78 is 13.3. The zero-order valence-corrected chi connectivity index (χ0v) is 14.1. The summed E-state index contributed by atoms with van der Waals surface area (Å²) in [6, 6.07) is 9.28. The van der Waals surface area contributed by atoms with E-state index in [9.17, 15) is 23.9 Å². The van der Waals surface area contributed by atoms with Crippen LogP contribution in [0.1, 0.15) is 12.0 Å². The van der Waals surface area contributed by atoms with E-state index in [4.69, 9.17) is 11.6 Å². The Bertz CT molecular complexity index is 885. The maximum atomic E-state index is 13.3. The van der Waals surface area contributed by atoms with Gasteiger partial charge in [-0.2, -0.15) is 0 Å². The Balaban J connectivity index is 1.74. The van der Waals surface area contributed by atoms with Gasteiger partial charge >= 0.3 is 0 Å². The van der Waals surface area contributed by atoms with Gasteiger partial charge in [0, 0.05) is 18.1 Å². The number of carbonyl (C=O) groups is 3. The lowest BCUT2D eigenvalue weighted by Crippen LogP contribution is -2.34. The molecule has 134 valence electrons. The third-order valence-electron chi connectivity index (χ3n) is 3.95. The van der Waals surface area contributed by atoms with Crippen LogP contribution in [0.25, 0.3) is 0 Å². The minimum absolute atomic E-state index is 0.0609. The van der Waals surface area contributed by atoms with E-state index >= 15 is 0 Å². The number of nitrogens with zero attached hydrogens (tertiary/aromatic N) is 1. The number of carboxylic acids is 1. The van der Waals surface area contributed by atoms with Crippen LogP contribution in [-0.2, 0) is 20.8 Å². The van der Waals surface area contributed by atoms with Gasteiger partial charge in [0.15, 0.2) is 0 Å². The Labute approximate surface area is 153 Å². The van der Waals surface area contributed by atoms with Crippen LogP contribution in [0.4, 0.5) is 15.8 Å². The molecule has 0 bridgehead atoms. The van der Waals surface area contributed by atoms with Crippen molar-refractivity contribution in [1.82, 2.24) is 0 Å². The second-order valence-corrected chi connectivity index (χ2v) is 6.22. The van der Waals surface area contributed by atoms with Crippen LogP contribution in [-0.4, -0.2) is 23.8 Å². The molecule has 6 nitrogen and oxygen atoms in total. The molecule has 26 heavy (non-hydrogen) atoms. The van der Waals surface area contributed by atoms with Crippen LogP contribution in [0.2, 0.25) is 5.02 Å². The van der Waals surface area contributed by atoms with Crippen molar-refractivity contribution < 1.29 is 23.9 Å². The predicted octanol–water partition coefficient (Wildman–Crippen LogP) is 1.52. The molecule has 1 saturated heterocycles. The molecular formula is C18H13ClFN2O4-. The smallest absolute Gasteiger partial charge is 0.256 e. The van der Waals surface area contributed by atoms with Crippen molar-refractivity contribution in [2.45, 2.75) is 18.9 Å². The van der Waals surface area contributed by atoms with Gasteiger partial charge < -0.3 is 15.2 Å². The molecule has 0 aromatic heterocycles. The molecule has 0 aliphatic carbocycles. The first-order valence-corrected chi connectivity index (χ1v) is 8.10. The van der Waals surface area contributed by atoms with Crippen molar-refractivity contribution in [1.29, 1.82) is 0 Å². The summed E-state index contributed by atoms with van der Waals surface area (Å²) in [6.45, 7) is 0. The number of anilines is 2. The number of halogens is 2. The van der Waals surface area contributed by atoms with Gasteiger partial charge in [0.2, 0.25) is 5.91 Å². The quantitative estimate of drug-likeness (QED) is 0.800. The number of rotatable bonds is 5. The number of amides is 2. The Hall–Kier alpha value is -2.93. The summed E-state index contributed by atoms with van der Waals surface area (Å²) in [6.07, 6.45) is -0.269. The maximum Gasteiger partial charge on any atom is 0.256 e. The molecule has 1 aliphatic heterocycles. The second kappa shape index (κ2) is 7.13. The summed E-state index contributed by atoms with van der Waals surface area (Å²) in [5.74, 6) is -2.73. The van der Waals surface area contributed by atoms with E-state index in [-0.39, 0.29) is 23.6 Å². The van der Waals surface area contributed by atoms with Crippen molar-refractivity contribution in [3.63, 3.8) is 0 Å². The SMILES string of the molecule is O=C([O-])Cc1ccc(N[C@H]2CC(=O)N(c3ccc(F)c(Cl)c3)C2=O)cc1. The van der Waals surface area contributed by atoms with E-state index in [1.807, 2.05) is 0 Å². The molecule has 3 rings (SSSR count). The lowest BCUT2D eigenvalue weighted by atomic mass is 10.1. The first-order valence-electron chi connectivity index (χ1n) is 7.72. The molecule has 1 fully saturated rings. The third kappa shape index (κ3) is 3.67. The number of carboxylic acid groups (broad SMARTS) is 1. The molecule has 0 spiro atoms. The standard InChI is InChI=1S/C18H14ClFN2O4/c19-13-8-12(5-6-14(13)20)22-16(23)9-15(18(22)26)21-11-3-1-10(2-4-11)7-17(24)25/h1-6,8,15,21H,7,9H2,(H,24,25)/p-1/t15-/m0/s1. The third-order valence-corrected chi connectivity index (χ3v) is 4.24. The van der Waals surface area contributed by atoms with Crippen LogP contribution >= 0.6 is 11.6 Å². The molecule has 1 N–H and O–H groups in total. The summed E-state index contributed by atoms with van der Waals surface area (Å²) in [5.41, 5.74) is 1.34. The van der Waals surface area contributed by atoms with Crippen molar-refractivity contribution in [3.05, 3.63) is 58.9 Å². The van der Waals surface area contributed by atoms with E-state index < -0.39 is 29.6 Å². The van der Waals surface area contributed by atoms with Gasteiger partial charge in [-0.3, -0.25) is 9.59 Å². The fourth-order valence-corrected chi connectivity index (χ4v) is 2.90. The fourth-order valence-electron chi connectivity index (χ4n) is 2.73. The Kier molecular flexibility index (Phi) is 4.90. The highest BCUT2D eigenvalue weighted by molar-refractivity contribution is 6.31. The monoisotopic (exact) mass is 375 g/mol. The molecule has 2 aromatic rings. The topological polar surface area (TPSA) is 89.5 Å². The van der Waals surface area contributed by atoms with Gasteiger partial charge in [0.25, 0.3) is 5.91 Å². The molecule has 0 radical (unpaired) electrons. The second-order valence-electron chi connectivity index (χ2n) is 5.81. The molecule has 1 aliphatic rings. The van der Waals surface area contributed by atoms with E-state index in [1.54, 1.807) is 24.3 Å². The van der Waals surface area contributed by atoms with E-state index in [0.29, 0.717) is 11.3 Å². The Morgan fingerprint density at radius 1 is 1.23 bits per heavy atom. The normalized spacial score (nSPS) is 16.8. The first-order chi connectivity index (χ1) is 12.3. The summed E-state index contributed by atoms with van der Waals surface area (Å²) in [4.78, 5) is 36.3. The molecule has 2 aromatic carbocycles. The van der Waals surface area contributed by atoms with Gasteiger partial charge in [-0.15, -0.1) is 0 Å². The molecule has 1 heterocycles. The number of benzene rings is 2. The average Bonchev–Trinajstić information content (AvgIpc) is 2.85.